The predicted octanol–water partition coefficient (Wildman–Crippen LogP) is -0.322. The van der Waals surface area contributed by atoms with Crippen molar-refractivity contribution in [3.63, 3.8) is 0 Å². The third kappa shape index (κ3) is 1.90. The number of hydrogen-bond acceptors (Lipinski definition) is 7. The summed E-state index contributed by atoms with van der Waals surface area (Å²) in [6.07, 6.45) is 1.66. The van der Waals surface area contributed by atoms with E-state index in [9.17, 15) is 15.0 Å². The normalized spacial score (nSPS) is 35.9. The van der Waals surface area contributed by atoms with E-state index in [1.165, 1.54) is 6.92 Å². The fourth-order valence-electron chi connectivity index (χ4n) is 4.33. The van der Waals surface area contributed by atoms with Crippen molar-refractivity contribution < 1.29 is 19.7 Å². The van der Waals surface area contributed by atoms with Crippen LogP contribution >= 0.6 is 0 Å². The standard InChI is InChI=1S/C16H22N4O4/c1-9(21)11-13(17)12-10-3-2-4-20(10)16(23,14(12)18-15(11)22)19-5-7-24-8-6-19/h14,17,21,23H,2-8H2,1H3,(H,18,22)/b11-9-,17-13?. The molecule has 3 saturated heterocycles. The Morgan fingerprint density at radius 1 is 1.38 bits per heavy atom. The molecule has 0 spiro atoms. The maximum atomic E-state index is 12.4. The van der Waals surface area contributed by atoms with E-state index in [1.807, 2.05) is 9.80 Å². The number of rotatable bonds is 1. The molecule has 4 rings (SSSR count). The van der Waals surface area contributed by atoms with Gasteiger partial charge < -0.3 is 25.2 Å². The zero-order valence-corrected chi connectivity index (χ0v) is 13.6. The molecule has 24 heavy (non-hydrogen) atoms. The molecular formula is C16H22N4O4. The van der Waals surface area contributed by atoms with Crippen molar-refractivity contribution in [3.05, 3.63) is 22.6 Å². The highest BCUT2D eigenvalue weighted by Crippen LogP contribution is 2.46. The quantitative estimate of drug-likeness (QED) is 0.386. The number of piperidine rings is 1. The molecule has 0 bridgehead atoms. The van der Waals surface area contributed by atoms with Gasteiger partial charge in [-0.15, -0.1) is 0 Å². The molecule has 0 radical (unpaired) electrons. The van der Waals surface area contributed by atoms with Gasteiger partial charge in [0.1, 0.15) is 17.4 Å². The molecule has 8 nitrogen and oxygen atoms in total. The number of carbonyl (C=O) groups excluding carboxylic acids is 1. The van der Waals surface area contributed by atoms with Crippen LogP contribution in [0.1, 0.15) is 19.8 Å². The number of hydrogen-bond donors (Lipinski definition) is 4. The van der Waals surface area contributed by atoms with E-state index >= 15 is 0 Å². The highest BCUT2D eigenvalue weighted by atomic mass is 16.5. The molecule has 3 fully saturated rings. The topological polar surface area (TPSA) is 109 Å². The van der Waals surface area contributed by atoms with Crippen LogP contribution in [0.4, 0.5) is 0 Å². The third-order valence-corrected chi connectivity index (χ3v) is 5.37. The number of nitrogens with one attached hydrogen (secondary N) is 2. The second-order valence-corrected chi connectivity index (χ2v) is 6.64. The number of fused-ring (bicyclic) bond motifs is 2. The minimum absolute atomic E-state index is 0.00757. The number of ether oxygens (including phenoxy) is 1. The molecule has 8 heteroatoms. The molecule has 0 aliphatic carbocycles. The number of amides is 1. The molecule has 1 amide bonds. The zero-order valence-electron chi connectivity index (χ0n) is 13.6. The molecule has 4 aliphatic heterocycles. The number of aliphatic hydroxyl groups excluding tert-OH is 1. The summed E-state index contributed by atoms with van der Waals surface area (Å²) in [7, 11) is 0. The highest BCUT2D eigenvalue weighted by Gasteiger charge is 2.60. The first-order chi connectivity index (χ1) is 11.5. The average molecular weight is 334 g/mol. The monoisotopic (exact) mass is 334 g/mol. The van der Waals surface area contributed by atoms with Gasteiger partial charge >= 0.3 is 0 Å². The van der Waals surface area contributed by atoms with Crippen molar-refractivity contribution in [2.45, 2.75) is 31.7 Å². The Balaban J connectivity index is 1.81. The molecule has 0 aromatic heterocycles. The van der Waals surface area contributed by atoms with Gasteiger partial charge in [-0.2, -0.15) is 0 Å². The Bertz CT molecular complexity index is 676. The van der Waals surface area contributed by atoms with Crippen molar-refractivity contribution in [3.8, 4) is 0 Å². The van der Waals surface area contributed by atoms with Gasteiger partial charge in [-0.05, 0) is 19.8 Å². The summed E-state index contributed by atoms with van der Waals surface area (Å²) in [5.41, 5.74) is 1.55. The molecule has 0 aromatic rings. The Morgan fingerprint density at radius 3 is 2.75 bits per heavy atom. The molecule has 2 atom stereocenters. The Morgan fingerprint density at radius 2 is 2.08 bits per heavy atom. The zero-order chi connectivity index (χ0) is 17.1. The molecule has 4 N–H and O–H groups in total. The van der Waals surface area contributed by atoms with Gasteiger partial charge in [0.2, 0.25) is 5.85 Å². The SMILES string of the molecule is C/C(O)=C1\C(=N)C2=C3CCCN3C(O)(N3CCOCC3)C2NC1=O. The summed E-state index contributed by atoms with van der Waals surface area (Å²) < 4.78 is 5.39. The van der Waals surface area contributed by atoms with Gasteiger partial charge in [-0.1, -0.05) is 0 Å². The summed E-state index contributed by atoms with van der Waals surface area (Å²) in [6, 6.07) is -0.686. The van der Waals surface area contributed by atoms with E-state index in [-0.39, 0.29) is 17.0 Å². The lowest BCUT2D eigenvalue weighted by atomic mass is 9.88. The largest absolute Gasteiger partial charge is 0.512 e. The fraction of sp³-hybridized carbons (Fsp3) is 0.625. The van der Waals surface area contributed by atoms with Crippen LogP contribution in [0.5, 0.6) is 0 Å². The number of morpholine rings is 1. The van der Waals surface area contributed by atoms with Gasteiger partial charge in [-0.3, -0.25) is 15.1 Å². The maximum Gasteiger partial charge on any atom is 0.257 e. The van der Waals surface area contributed by atoms with Crippen molar-refractivity contribution in [1.29, 1.82) is 5.41 Å². The number of allylic oxidation sites excluding steroid dienone is 2. The lowest BCUT2D eigenvalue weighted by Crippen LogP contribution is -2.70. The first-order valence-corrected chi connectivity index (χ1v) is 8.32. The minimum atomic E-state index is -1.37. The van der Waals surface area contributed by atoms with Crippen LogP contribution in [0.2, 0.25) is 0 Å². The van der Waals surface area contributed by atoms with Crippen LogP contribution in [0, 0.1) is 5.41 Å². The Kier molecular flexibility index (Phi) is 3.45. The van der Waals surface area contributed by atoms with Crippen LogP contribution < -0.4 is 5.32 Å². The maximum absolute atomic E-state index is 12.4. The molecule has 4 aliphatic rings. The molecule has 130 valence electrons. The summed E-state index contributed by atoms with van der Waals surface area (Å²) in [4.78, 5) is 16.3. The van der Waals surface area contributed by atoms with E-state index < -0.39 is 17.8 Å². The molecule has 4 heterocycles. The Labute approximate surface area is 139 Å². The van der Waals surface area contributed by atoms with Crippen molar-refractivity contribution in [1.82, 2.24) is 15.1 Å². The summed E-state index contributed by atoms with van der Waals surface area (Å²) in [6.45, 7) is 4.28. The van der Waals surface area contributed by atoms with Crippen molar-refractivity contribution in [2.75, 3.05) is 32.8 Å². The van der Waals surface area contributed by atoms with E-state index in [1.54, 1.807) is 0 Å². The molecule has 2 unspecified atom stereocenters. The first kappa shape index (κ1) is 15.6. The number of aliphatic hydroxyl groups is 2. The molecular weight excluding hydrogens is 312 g/mol. The van der Waals surface area contributed by atoms with E-state index in [0.29, 0.717) is 38.4 Å². The van der Waals surface area contributed by atoms with E-state index in [2.05, 4.69) is 5.32 Å². The van der Waals surface area contributed by atoms with Crippen LogP contribution in [0.25, 0.3) is 0 Å². The second-order valence-electron chi connectivity index (χ2n) is 6.64. The summed E-state index contributed by atoms with van der Waals surface area (Å²) in [5, 5.41) is 32.7. The van der Waals surface area contributed by atoms with Gasteiger partial charge in [0, 0.05) is 30.9 Å². The van der Waals surface area contributed by atoms with Crippen LogP contribution in [0.15, 0.2) is 22.6 Å². The summed E-state index contributed by atoms with van der Waals surface area (Å²) >= 11 is 0. The minimum Gasteiger partial charge on any atom is -0.512 e. The smallest absolute Gasteiger partial charge is 0.257 e. The van der Waals surface area contributed by atoms with E-state index in [0.717, 1.165) is 18.5 Å². The van der Waals surface area contributed by atoms with Gasteiger partial charge in [0.25, 0.3) is 5.91 Å². The van der Waals surface area contributed by atoms with Gasteiger partial charge in [-0.25, -0.2) is 0 Å². The summed E-state index contributed by atoms with van der Waals surface area (Å²) in [5.74, 6) is -2.06. The predicted molar refractivity (Wildman–Crippen MR) is 85.3 cm³/mol. The van der Waals surface area contributed by atoms with E-state index in [4.69, 9.17) is 10.1 Å². The van der Waals surface area contributed by atoms with Crippen LogP contribution in [-0.4, -0.2) is 76.4 Å². The Hall–Kier alpha value is -1.90. The fourth-order valence-corrected chi connectivity index (χ4v) is 4.33. The van der Waals surface area contributed by atoms with Crippen LogP contribution in [-0.2, 0) is 9.53 Å². The number of carbonyl (C=O) groups is 1. The van der Waals surface area contributed by atoms with Crippen LogP contribution in [0.3, 0.4) is 0 Å². The highest BCUT2D eigenvalue weighted by molar-refractivity contribution is 6.30. The number of nitrogens with zero attached hydrogens (tertiary/aromatic N) is 2. The van der Waals surface area contributed by atoms with Crippen molar-refractivity contribution >= 4 is 11.6 Å². The lowest BCUT2D eigenvalue weighted by Gasteiger charge is -2.48. The third-order valence-electron chi connectivity index (χ3n) is 5.37. The average Bonchev–Trinajstić information content (AvgIpc) is 3.11. The second kappa shape index (κ2) is 5.30. The molecule has 0 saturated carbocycles. The molecule has 0 aromatic carbocycles. The lowest BCUT2D eigenvalue weighted by molar-refractivity contribution is -0.219. The first-order valence-electron chi connectivity index (χ1n) is 8.32. The van der Waals surface area contributed by atoms with Gasteiger partial charge in [0.15, 0.2) is 0 Å². The van der Waals surface area contributed by atoms with Crippen molar-refractivity contribution in [2.24, 2.45) is 0 Å². The van der Waals surface area contributed by atoms with Gasteiger partial charge in [0.05, 0.1) is 18.9 Å².